The van der Waals surface area contributed by atoms with E-state index in [0.717, 1.165) is 5.56 Å². The molecule has 0 radical (unpaired) electrons. The molecule has 1 heterocycles. The van der Waals surface area contributed by atoms with E-state index in [1.54, 1.807) is 37.4 Å². The van der Waals surface area contributed by atoms with Crippen molar-refractivity contribution in [2.45, 2.75) is 12.6 Å². The molecule has 0 bridgehead atoms. The second-order valence-corrected chi connectivity index (χ2v) is 6.33. The van der Waals surface area contributed by atoms with Gasteiger partial charge in [0.15, 0.2) is 5.96 Å². The molecule has 1 atom stereocenters. The minimum absolute atomic E-state index is 0.0586. The van der Waals surface area contributed by atoms with Gasteiger partial charge in [0, 0.05) is 25.7 Å². The summed E-state index contributed by atoms with van der Waals surface area (Å²) in [5, 5.41) is 10.4. The minimum atomic E-state index is -0.545. The first-order chi connectivity index (χ1) is 11.5. The van der Waals surface area contributed by atoms with Crippen LogP contribution in [0, 0.1) is 11.6 Å². The molecular weight excluding hydrogens is 330 g/mol. The molecule has 0 saturated carbocycles. The number of benzene rings is 1. The van der Waals surface area contributed by atoms with Crippen LogP contribution in [0.15, 0.2) is 40.0 Å². The Hall–Kier alpha value is -1.99. The molecule has 7 heteroatoms. The molecule has 0 aliphatic rings. The molecule has 24 heavy (non-hydrogen) atoms. The Morgan fingerprint density at radius 1 is 1.21 bits per heavy atom. The van der Waals surface area contributed by atoms with Crippen molar-refractivity contribution in [2.24, 2.45) is 4.99 Å². The van der Waals surface area contributed by atoms with Crippen LogP contribution in [0.25, 0.3) is 0 Å². The van der Waals surface area contributed by atoms with E-state index in [9.17, 15) is 8.78 Å². The van der Waals surface area contributed by atoms with Crippen molar-refractivity contribution in [1.82, 2.24) is 15.5 Å². The van der Waals surface area contributed by atoms with Gasteiger partial charge in [0.05, 0.1) is 6.04 Å². The fourth-order valence-corrected chi connectivity index (χ4v) is 3.03. The summed E-state index contributed by atoms with van der Waals surface area (Å²) >= 11 is 1.63. The fraction of sp³-hybridized carbons (Fsp3) is 0.353. The van der Waals surface area contributed by atoms with E-state index in [1.165, 1.54) is 18.2 Å². The zero-order chi connectivity index (χ0) is 17.5. The van der Waals surface area contributed by atoms with Crippen LogP contribution in [0.4, 0.5) is 8.78 Å². The highest BCUT2D eigenvalue weighted by molar-refractivity contribution is 7.07. The number of halogens is 2. The number of aliphatic imine (C=N–C) groups is 1. The van der Waals surface area contributed by atoms with Crippen molar-refractivity contribution >= 4 is 17.3 Å². The largest absolute Gasteiger partial charge is 0.354 e. The fourth-order valence-electron chi connectivity index (χ4n) is 2.36. The summed E-state index contributed by atoms with van der Waals surface area (Å²) in [7, 11) is 5.25. The number of nitrogens with zero attached hydrogens (tertiary/aromatic N) is 2. The quantitative estimate of drug-likeness (QED) is 0.620. The average Bonchev–Trinajstić information content (AvgIpc) is 3.05. The van der Waals surface area contributed by atoms with Crippen molar-refractivity contribution in [3.05, 3.63) is 57.8 Å². The molecule has 0 fully saturated rings. The molecule has 0 aliphatic carbocycles. The van der Waals surface area contributed by atoms with Crippen LogP contribution >= 0.6 is 11.3 Å². The van der Waals surface area contributed by atoms with Gasteiger partial charge in [-0.15, -0.1) is 0 Å². The van der Waals surface area contributed by atoms with Crippen molar-refractivity contribution in [3.8, 4) is 0 Å². The second kappa shape index (κ2) is 8.75. The van der Waals surface area contributed by atoms with E-state index in [4.69, 9.17) is 0 Å². The maximum Gasteiger partial charge on any atom is 0.191 e. The highest BCUT2D eigenvalue weighted by Crippen LogP contribution is 2.23. The number of nitrogens with one attached hydrogen (secondary N) is 2. The first-order valence-electron chi connectivity index (χ1n) is 7.59. The predicted molar refractivity (Wildman–Crippen MR) is 95.3 cm³/mol. The number of rotatable bonds is 6. The Bertz CT molecular complexity index is 651. The van der Waals surface area contributed by atoms with Gasteiger partial charge in [0.25, 0.3) is 0 Å². The van der Waals surface area contributed by atoms with Gasteiger partial charge >= 0.3 is 0 Å². The van der Waals surface area contributed by atoms with Gasteiger partial charge in [-0.1, -0.05) is 6.07 Å². The van der Waals surface area contributed by atoms with Crippen molar-refractivity contribution in [2.75, 3.05) is 27.7 Å². The lowest BCUT2D eigenvalue weighted by atomic mass is 10.0. The van der Waals surface area contributed by atoms with Gasteiger partial charge in [-0.25, -0.2) is 8.78 Å². The smallest absolute Gasteiger partial charge is 0.191 e. The molecule has 4 nitrogen and oxygen atoms in total. The van der Waals surface area contributed by atoms with Crippen LogP contribution < -0.4 is 10.6 Å². The Balaban J connectivity index is 2.02. The van der Waals surface area contributed by atoms with Crippen LogP contribution in [0.3, 0.4) is 0 Å². The number of likely N-dealkylation sites (N-methyl/N-ethyl adjacent to an activating group) is 1. The highest BCUT2D eigenvalue weighted by atomic mass is 32.1. The van der Waals surface area contributed by atoms with Crippen LogP contribution in [-0.2, 0) is 6.54 Å². The maximum atomic E-state index is 14.1. The summed E-state index contributed by atoms with van der Waals surface area (Å²) in [6.45, 7) is 0.970. The molecule has 1 unspecified atom stereocenters. The molecular formula is C17H22F2N4S. The molecule has 0 amide bonds. The van der Waals surface area contributed by atoms with E-state index in [2.05, 4.69) is 21.0 Å². The predicted octanol–water partition coefficient (Wildman–Crippen LogP) is 2.99. The molecule has 1 aromatic heterocycles. The summed E-state index contributed by atoms with van der Waals surface area (Å²) in [5.74, 6) is -0.502. The average molecular weight is 352 g/mol. The van der Waals surface area contributed by atoms with Crippen LogP contribution in [0.1, 0.15) is 17.2 Å². The molecule has 0 saturated heterocycles. The molecule has 0 aliphatic heterocycles. The van der Waals surface area contributed by atoms with E-state index in [-0.39, 0.29) is 5.56 Å². The van der Waals surface area contributed by atoms with Crippen molar-refractivity contribution < 1.29 is 8.78 Å². The van der Waals surface area contributed by atoms with E-state index < -0.39 is 17.7 Å². The number of hydrogen-bond acceptors (Lipinski definition) is 3. The van der Waals surface area contributed by atoms with Gasteiger partial charge in [-0.05, 0) is 48.6 Å². The first kappa shape index (κ1) is 18.4. The third kappa shape index (κ3) is 4.75. The maximum absolute atomic E-state index is 14.1. The van der Waals surface area contributed by atoms with Gasteiger partial charge < -0.3 is 15.5 Å². The molecule has 130 valence electrons. The summed E-state index contributed by atoms with van der Waals surface area (Å²) in [5.41, 5.74) is 1.22. The summed E-state index contributed by atoms with van der Waals surface area (Å²) in [4.78, 5) is 5.93. The van der Waals surface area contributed by atoms with E-state index >= 15 is 0 Å². The number of hydrogen-bond donors (Lipinski definition) is 2. The van der Waals surface area contributed by atoms with Crippen LogP contribution in [0.2, 0.25) is 0 Å². The molecule has 2 aromatic rings. The van der Waals surface area contributed by atoms with Crippen LogP contribution in [0.5, 0.6) is 0 Å². The minimum Gasteiger partial charge on any atom is -0.354 e. The van der Waals surface area contributed by atoms with Gasteiger partial charge in [-0.2, -0.15) is 11.3 Å². The van der Waals surface area contributed by atoms with E-state index in [1.807, 2.05) is 11.4 Å². The lowest BCUT2D eigenvalue weighted by Crippen LogP contribution is -2.41. The molecule has 1 aromatic carbocycles. The number of thiophene rings is 1. The van der Waals surface area contributed by atoms with Gasteiger partial charge in [0.1, 0.15) is 11.6 Å². The first-order valence-corrected chi connectivity index (χ1v) is 8.53. The highest BCUT2D eigenvalue weighted by Gasteiger charge is 2.22. The van der Waals surface area contributed by atoms with Crippen molar-refractivity contribution in [1.29, 1.82) is 0 Å². The monoisotopic (exact) mass is 352 g/mol. The SMILES string of the molecule is CN=C(NCc1ccsc1)NCC(c1c(F)cccc1F)N(C)C. The van der Waals surface area contributed by atoms with E-state index in [0.29, 0.717) is 19.0 Å². The van der Waals surface area contributed by atoms with Crippen molar-refractivity contribution in [3.63, 3.8) is 0 Å². The second-order valence-electron chi connectivity index (χ2n) is 5.55. The third-order valence-corrected chi connectivity index (χ3v) is 4.41. The Morgan fingerprint density at radius 2 is 1.92 bits per heavy atom. The summed E-state index contributed by atoms with van der Waals surface area (Å²) in [6.07, 6.45) is 0. The number of guanidine groups is 1. The molecule has 2 rings (SSSR count). The third-order valence-electron chi connectivity index (χ3n) is 3.68. The summed E-state index contributed by atoms with van der Waals surface area (Å²) in [6, 6.07) is 5.50. The Morgan fingerprint density at radius 3 is 2.46 bits per heavy atom. The topological polar surface area (TPSA) is 39.7 Å². The molecule has 2 N–H and O–H groups in total. The summed E-state index contributed by atoms with van der Waals surface area (Å²) < 4.78 is 28.1. The Labute approximate surface area is 145 Å². The zero-order valence-electron chi connectivity index (χ0n) is 14.0. The van der Waals surface area contributed by atoms with Crippen LogP contribution in [-0.4, -0.2) is 38.5 Å². The lowest BCUT2D eigenvalue weighted by Gasteiger charge is -2.26. The van der Waals surface area contributed by atoms with Gasteiger partial charge in [-0.3, -0.25) is 4.99 Å². The van der Waals surface area contributed by atoms with Gasteiger partial charge in [0.2, 0.25) is 0 Å². The molecule has 0 spiro atoms. The standard InChI is InChI=1S/C17H22F2N4S/c1-20-17(21-9-12-7-8-24-11-12)22-10-15(23(2)3)16-13(18)5-4-6-14(16)19/h4-8,11,15H,9-10H2,1-3H3,(H2,20,21,22). The lowest BCUT2D eigenvalue weighted by molar-refractivity contribution is 0.282. The Kier molecular flexibility index (Phi) is 6.69. The normalized spacial score (nSPS) is 13.2. The zero-order valence-corrected chi connectivity index (χ0v) is 14.8.